The van der Waals surface area contributed by atoms with Crippen molar-refractivity contribution in [1.29, 1.82) is 0 Å². The van der Waals surface area contributed by atoms with Crippen LogP contribution in [0, 0.1) is 12.7 Å². The van der Waals surface area contributed by atoms with Crippen molar-refractivity contribution in [2.45, 2.75) is 13.5 Å². The fourth-order valence-electron chi connectivity index (χ4n) is 2.41. The van der Waals surface area contributed by atoms with Crippen LogP contribution in [0.15, 0.2) is 36.4 Å². The van der Waals surface area contributed by atoms with Crippen molar-refractivity contribution in [2.24, 2.45) is 0 Å². The number of rotatable bonds is 2. The molecule has 3 rings (SSSR count). The summed E-state index contributed by atoms with van der Waals surface area (Å²) in [6, 6.07) is 9.19. The Balaban J connectivity index is 2.02. The van der Waals surface area contributed by atoms with E-state index in [0.717, 1.165) is 5.56 Å². The molecule has 2 aromatic rings. The minimum absolute atomic E-state index is 0.0667. The van der Waals surface area contributed by atoms with Gasteiger partial charge in [-0.2, -0.15) is 0 Å². The molecule has 2 aromatic carbocycles. The second-order valence-corrected chi connectivity index (χ2v) is 5.38. The predicted molar refractivity (Wildman–Crippen MR) is 78.1 cm³/mol. The number of benzene rings is 2. The molecule has 1 heterocycles. The molecular formula is C16H11ClFNO2. The van der Waals surface area contributed by atoms with Gasteiger partial charge in [-0.15, -0.1) is 0 Å². The number of amides is 1. The Morgan fingerprint density at radius 3 is 2.67 bits per heavy atom. The van der Waals surface area contributed by atoms with Gasteiger partial charge in [0.1, 0.15) is 5.82 Å². The number of hydrogen-bond donors (Lipinski definition) is 0. The van der Waals surface area contributed by atoms with Crippen LogP contribution in [0.1, 0.15) is 21.5 Å². The molecule has 0 unspecified atom stereocenters. The first-order chi connectivity index (χ1) is 9.97. The van der Waals surface area contributed by atoms with Gasteiger partial charge in [0.25, 0.3) is 11.7 Å². The van der Waals surface area contributed by atoms with Crippen molar-refractivity contribution in [3.05, 3.63) is 63.9 Å². The highest BCUT2D eigenvalue weighted by molar-refractivity contribution is 6.52. The molecule has 0 N–H and O–H groups in total. The molecule has 0 radical (unpaired) electrons. The molecule has 21 heavy (non-hydrogen) atoms. The van der Waals surface area contributed by atoms with Gasteiger partial charge in [0.15, 0.2) is 0 Å². The van der Waals surface area contributed by atoms with E-state index in [1.807, 2.05) is 13.0 Å². The Hall–Kier alpha value is -2.20. The van der Waals surface area contributed by atoms with Crippen LogP contribution in [0.5, 0.6) is 0 Å². The Labute approximate surface area is 125 Å². The topological polar surface area (TPSA) is 37.4 Å². The van der Waals surface area contributed by atoms with E-state index in [-0.39, 0.29) is 6.54 Å². The monoisotopic (exact) mass is 303 g/mol. The zero-order valence-electron chi connectivity index (χ0n) is 11.2. The molecule has 106 valence electrons. The number of nitrogens with zero attached hydrogens (tertiary/aromatic N) is 1. The quantitative estimate of drug-likeness (QED) is 0.796. The third kappa shape index (κ3) is 2.32. The molecule has 0 atom stereocenters. The van der Waals surface area contributed by atoms with Gasteiger partial charge in [-0.1, -0.05) is 23.2 Å². The Morgan fingerprint density at radius 1 is 1.14 bits per heavy atom. The molecule has 1 amide bonds. The lowest BCUT2D eigenvalue weighted by molar-refractivity contribution is -0.114. The van der Waals surface area contributed by atoms with Crippen LogP contribution < -0.4 is 4.90 Å². The normalized spacial score (nSPS) is 13.8. The number of carbonyl (C=O) groups excluding carboxylic acids is 2. The first-order valence-electron chi connectivity index (χ1n) is 6.38. The number of Topliss-reactive ketones (excluding diaryl/α,β-unsaturated/α-hetero) is 1. The van der Waals surface area contributed by atoms with Gasteiger partial charge >= 0.3 is 0 Å². The van der Waals surface area contributed by atoms with E-state index in [4.69, 9.17) is 11.6 Å². The van der Waals surface area contributed by atoms with Crippen molar-refractivity contribution in [1.82, 2.24) is 0 Å². The maximum Gasteiger partial charge on any atom is 0.299 e. The van der Waals surface area contributed by atoms with Gasteiger partial charge in [-0.05, 0) is 42.8 Å². The van der Waals surface area contributed by atoms with Gasteiger partial charge in [0, 0.05) is 5.02 Å². The maximum absolute atomic E-state index is 13.3. The van der Waals surface area contributed by atoms with Crippen LogP contribution in [0.2, 0.25) is 5.02 Å². The SMILES string of the molecule is Cc1ccc2c(c1)C(=O)C(=O)N2Cc1cc(F)ccc1Cl. The molecular weight excluding hydrogens is 293 g/mol. The maximum atomic E-state index is 13.3. The highest BCUT2D eigenvalue weighted by Crippen LogP contribution is 2.32. The minimum atomic E-state index is -0.615. The summed E-state index contributed by atoms with van der Waals surface area (Å²) in [6.45, 7) is 1.92. The van der Waals surface area contributed by atoms with Gasteiger partial charge < -0.3 is 4.90 Å². The summed E-state index contributed by atoms with van der Waals surface area (Å²) in [5.74, 6) is -1.59. The number of halogens is 2. The molecule has 1 aliphatic heterocycles. The molecule has 0 saturated carbocycles. The molecule has 0 aliphatic carbocycles. The summed E-state index contributed by atoms with van der Waals surface area (Å²) in [4.78, 5) is 25.4. The summed E-state index contributed by atoms with van der Waals surface area (Å²) in [5, 5.41) is 0.359. The van der Waals surface area contributed by atoms with Crippen molar-refractivity contribution in [3.63, 3.8) is 0 Å². The average molecular weight is 304 g/mol. The van der Waals surface area contributed by atoms with Gasteiger partial charge in [0.2, 0.25) is 0 Å². The molecule has 0 aromatic heterocycles. The predicted octanol–water partition coefficient (Wildman–Crippen LogP) is 3.52. The Bertz CT molecular complexity index is 773. The second kappa shape index (κ2) is 4.97. The van der Waals surface area contributed by atoms with Crippen molar-refractivity contribution in [2.75, 3.05) is 4.90 Å². The number of anilines is 1. The van der Waals surface area contributed by atoms with Gasteiger partial charge in [-0.3, -0.25) is 9.59 Å². The van der Waals surface area contributed by atoms with E-state index in [9.17, 15) is 14.0 Å². The second-order valence-electron chi connectivity index (χ2n) is 4.98. The smallest absolute Gasteiger partial charge is 0.299 e. The van der Waals surface area contributed by atoms with Crippen molar-refractivity contribution < 1.29 is 14.0 Å². The van der Waals surface area contributed by atoms with E-state index in [2.05, 4.69) is 0 Å². The van der Waals surface area contributed by atoms with Gasteiger partial charge in [0.05, 0.1) is 17.8 Å². The van der Waals surface area contributed by atoms with E-state index in [1.54, 1.807) is 12.1 Å². The molecule has 0 spiro atoms. The summed E-state index contributed by atoms with van der Waals surface area (Å²) in [7, 11) is 0. The first-order valence-corrected chi connectivity index (χ1v) is 6.76. The minimum Gasteiger partial charge on any atom is -0.300 e. The van der Waals surface area contributed by atoms with E-state index >= 15 is 0 Å². The molecule has 0 bridgehead atoms. The largest absolute Gasteiger partial charge is 0.300 e. The summed E-state index contributed by atoms with van der Waals surface area (Å²) < 4.78 is 13.3. The lowest BCUT2D eigenvalue weighted by Gasteiger charge is -2.17. The summed E-state index contributed by atoms with van der Waals surface area (Å²) >= 11 is 6.02. The van der Waals surface area contributed by atoms with Crippen LogP contribution in [0.3, 0.4) is 0 Å². The lowest BCUT2D eigenvalue weighted by atomic mass is 10.1. The fourth-order valence-corrected chi connectivity index (χ4v) is 2.58. The third-order valence-electron chi connectivity index (χ3n) is 3.46. The van der Waals surface area contributed by atoms with Crippen LogP contribution >= 0.6 is 11.6 Å². The Morgan fingerprint density at radius 2 is 1.90 bits per heavy atom. The first kappa shape index (κ1) is 13.8. The average Bonchev–Trinajstić information content (AvgIpc) is 2.68. The number of ketones is 1. The number of hydrogen-bond acceptors (Lipinski definition) is 2. The van der Waals surface area contributed by atoms with E-state index in [0.29, 0.717) is 21.8 Å². The molecule has 0 fully saturated rings. The molecule has 0 saturated heterocycles. The lowest BCUT2D eigenvalue weighted by Crippen LogP contribution is -2.29. The molecule has 3 nitrogen and oxygen atoms in total. The van der Waals surface area contributed by atoms with Crippen molar-refractivity contribution in [3.8, 4) is 0 Å². The molecule has 5 heteroatoms. The fraction of sp³-hybridized carbons (Fsp3) is 0.125. The Kier molecular flexibility index (Phi) is 3.26. The summed E-state index contributed by atoms with van der Waals surface area (Å²) in [5.41, 5.74) is 2.29. The highest BCUT2D eigenvalue weighted by Gasteiger charge is 2.35. The number of carbonyl (C=O) groups is 2. The van der Waals surface area contributed by atoms with E-state index < -0.39 is 17.5 Å². The van der Waals surface area contributed by atoms with Gasteiger partial charge in [-0.25, -0.2) is 4.39 Å². The van der Waals surface area contributed by atoms with Crippen LogP contribution in [0.25, 0.3) is 0 Å². The molecule has 1 aliphatic rings. The van der Waals surface area contributed by atoms with Crippen LogP contribution in [-0.2, 0) is 11.3 Å². The van der Waals surface area contributed by atoms with Crippen LogP contribution in [0.4, 0.5) is 10.1 Å². The standard InChI is InChI=1S/C16H11ClFNO2/c1-9-2-5-14-12(6-9)15(20)16(21)19(14)8-10-7-11(18)3-4-13(10)17/h2-7H,8H2,1H3. The van der Waals surface area contributed by atoms with E-state index in [1.165, 1.54) is 23.1 Å². The number of fused-ring (bicyclic) bond motifs is 1. The zero-order valence-corrected chi connectivity index (χ0v) is 11.9. The number of aryl methyl sites for hydroxylation is 1. The zero-order chi connectivity index (χ0) is 15.1. The summed E-state index contributed by atoms with van der Waals surface area (Å²) in [6.07, 6.45) is 0. The van der Waals surface area contributed by atoms with Crippen molar-refractivity contribution >= 4 is 29.0 Å². The third-order valence-corrected chi connectivity index (χ3v) is 3.83. The van der Waals surface area contributed by atoms with Crippen LogP contribution in [-0.4, -0.2) is 11.7 Å². The highest BCUT2D eigenvalue weighted by atomic mass is 35.5.